The minimum Gasteiger partial charge on any atom is -0.489 e. The Hall–Kier alpha value is -3.51. The van der Waals surface area contributed by atoms with E-state index in [-0.39, 0.29) is 5.56 Å². The zero-order valence-corrected chi connectivity index (χ0v) is 15.6. The van der Waals surface area contributed by atoms with Crippen LogP contribution in [0.5, 0.6) is 5.75 Å². The SMILES string of the molecule is CC(C#N)(COc1cc(C#N)ccc1C(F)(F)F)NC(=O)C1=CC=CC1OC(F)(F)F. The average molecular weight is 445 g/mol. The number of ether oxygens (including phenoxy) is 2. The van der Waals surface area contributed by atoms with Crippen molar-refractivity contribution in [3.63, 3.8) is 0 Å². The number of allylic oxidation sites excluding steroid dienone is 2. The molecule has 0 bridgehead atoms. The molecule has 12 heteroatoms. The second kappa shape index (κ2) is 8.70. The summed E-state index contributed by atoms with van der Waals surface area (Å²) in [5.41, 5.74) is -3.73. The number of nitrogens with one attached hydrogen (secondary N) is 1. The summed E-state index contributed by atoms with van der Waals surface area (Å²) in [6, 6.07) is 5.67. The van der Waals surface area contributed by atoms with Crippen LogP contribution in [0.25, 0.3) is 0 Å². The standard InChI is InChI=1S/C19H13F6N3O3/c1-17(9-27,28-16(29)12-3-2-4-14(12)31-19(23,24)25)10-30-15-7-11(8-26)5-6-13(15)18(20,21)22/h2-7,14H,10H2,1H3,(H,28,29). The predicted molar refractivity (Wildman–Crippen MR) is 92.0 cm³/mol. The van der Waals surface area contributed by atoms with Crippen molar-refractivity contribution in [2.45, 2.75) is 31.1 Å². The van der Waals surface area contributed by atoms with Crippen LogP contribution in [0.2, 0.25) is 0 Å². The Balaban J connectivity index is 2.17. The van der Waals surface area contributed by atoms with Crippen molar-refractivity contribution in [2.24, 2.45) is 0 Å². The van der Waals surface area contributed by atoms with Gasteiger partial charge in [0.1, 0.15) is 18.5 Å². The normalized spacial score (nSPS) is 17.8. The quantitative estimate of drug-likeness (QED) is 0.673. The summed E-state index contributed by atoms with van der Waals surface area (Å²) in [6.45, 7) is 0.313. The highest BCUT2D eigenvalue weighted by atomic mass is 19.4. The summed E-state index contributed by atoms with van der Waals surface area (Å²) in [5.74, 6) is -1.85. The van der Waals surface area contributed by atoms with E-state index in [1.807, 2.05) is 0 Å². The first kappa shape index (κ1) is 23.8. The number of nitrogens with zero attached hydrogens (tertiary/aromatic N) is 2. The lowest BCUT2D eigenvalue weighted by Crippen LogP contribution is -2.50. The second-order valence-corrected chi connectivity index (χ2v) is 6.50. The van der Waals surface area contributed by atoms with E-state index in [1.54, 1.807) is 12.1 Å². The first-order valence-electron chi connectivity index (χ1n) is 8.39. The zero-order chi connectivity index (χ0) is 23.4. The Morgan fingerprint density at radius 2 is 1.87 bits per heavy atom. The van der Waals surface area contributed by atoms with Crippen molar-refractivity contribution in [1.29, 1.82) is 10.5 Å². The third kappa shape index (κ3) is 6.23. The van der Waals surface area contributed by atoms with E-state index in [2.05, 4.69) is 10.1 Å². The van der Waals surface area contributed by atoms with Crippen molar-refractivity contribution >= 4 is 5.91 Å². The molecule has 0 fully saturated rings. The van der Waals surface area contributed by atoms with Crippen molar-refractivity contribution in [3.8, 4) is 17.9 Å². The number of carbonyl (C=O) groups is 1. The van der Waals surface area contributed by atoms with Crippen LogP contribution in [0.15, 0.2) is 42.0 Å². The number of halogens is 6. The Bertz CT molecular complexity index is 1000. The maximum Gasteiger partial charge on any atom is 0.523 e. The fourth-order valence-electron chi connectivity index (χ4n) is 2.50. The predicted octanol–water partition coefficient (Wildman–Crippen LogP) is 3.76. The van der Waals surface area contributed by atoms with Gasteiger partial charge < -0.3 is 10.1 Å². The Morgan fingerprint density at radius 3 is 2.42 bits per heavy atom. The van der Waals surface area contributed by atoms with Crippen LogP contribution in [-0.2, 0) is 15.7 Å². The minimum atomic E-state index is -5.03. The van der Waals surface area contributed by atoms with Gasteiger partial charge in [0.05, 0.1) is 23.3 Å². The van der Waals surface area contributed by atoms with Crippen molar-refractivity contribution in [1.82, 2.24) is 5.32 Å². The van der Waals surface area contributed by atoms with Gasteiger partial charge in [-0.15, -0.1) is 13.2 Å². The summed E-state index contributed by atoms with van der Waals surface area (Å²) < 4.78 is 85.7. The van der Waals surface area contributed by atoms with Crippen molar-refractivity contribution < 1.29 is 40.6 Å². The maximum atomic E-state index is 13.2. The average Bonchev–Trinajstić information content (AvgIpc) is 3.11. The number of hydrogen-bond donors (Lipinski definition) is 1. The van der Waals surface area contributed by atoms with Gasteiger partial charge in [0.2, 0.25) is 0 Å². The van der Waals surface area contributed by atoms with Gasteiger partial charge in [-0.25, -0.2) is 0 Å². The number of amides is 1. The molecule has 2 atom stereocenters. The highest BCUT2D eigenvalue weighted by Crippen LogP contribution is 2.37. The number of carbonyl (C=O) groups excluding carboxylic acids is 1. The van der Waals surface area contributed by atoms with Crippen LogP contribution in [0, 0.1) is 22.7 Å². The number of nitriles is 2. The van der Waals surface area contributed by atoms with E-state index in [0.717, 1.165) is 37.3 Å². The zero-order valence-electron chi connectivity index (χ0n) is 15.6. The Morgan fingerprint density at radius 1 is 1.19 bits per heavy atom. The molecule has 0 aliphatic heterocycles. The molecule has 31 heavy (non-hydrogen) atoms. The molecule has 1 aromatic carbocycles. The summed E-state index contributed by atoms with van der Waals surface area (Å²) in [7, 11) is 0. The number of rotatable bonds is 6. The fourth-order valence-corrected chi connectivity index (χ4v) is 2.50. The molecule has 0 heterocycles. The van der Waals surface area contributed by atoms with Crippen LogP contribution in [0.1, 0.15) is 18.1 Å². The van der Waals surface area contributed by atoms with E-state index in [4.69, 9.17) is 10.00 Å². The van der Waals surface area contributed by atoms with Gasteiger partial charge in [0.25, 0.3) is 5.91 Å². The molecule has 0 radical (unpaired) electrons. The summed E-state index contributed by atoms with van der Waals surface area (Å²) in [4.78, 5) is 12.4. The highest BCUT2D eigenvalue weighted by Gasteiger charge is 2.39. The van der Waals surface area contributed by atoms with Gasteiger partial charge in [-0.2, -0.15) is 23.7 Å². The van der Waals surface area contributed by atoms with E-state index < -0.39 is 53.6 Å². The molecule has 0 spiro atoms. The number of alkyl halides is 6. The monoisotopic (exact) mass is 445 g/mol. The lowest BCUT2D eigenvalue weighted by Gasteiger charge is -2.26. The molecule has 0 aromatic heterocycles. The first-order chi connectivity index (χ1) is 14.3. The number of benzene rings is 1. The molecule has 1 N–H and O–H groups in total. The van der Waals surface area contributed by atoms with Crippen LogP contribution < -0.4 is 10.1 Å². The second-order valence-electron chi connectivity index (χ2n) is 6.50. The molecule has 0 saturated carbocycles. The molecule has 0 saturated heterocycles. The van der Waals surface area contributed by atoms with Gasteiger partial charge >= 0.3 is 12.5 Å². The van der Waals surface area contributed by atoms with E-state index in [0.29, 0.717) is 6.07 Å². The molecule has 1 aliphatic carbocycles. The van der Waals surface area contributed by atoms with Gasteiger partial charge in [-0.1, -0.05) is 18.2 Å². The highest BCUT2D eigenvalue weighted by molar-refractivity contribution is 5.96. The third-order valence-electron chi connectivity index (χ3n) is 3.96. The fraction of sp³-hybridized carbons (Fsp3) is 0.316. The molecule has 1 amide bonds. The molecule has 2 rings (SSSR count). The smallest absolute Gasteiger partial charge is 0.489 e. The lowest BCUT2D eigenvalue weighted by molar-refractivity contribution is -0.331. The third-order valence-corrected chi connectivity index (χ3v) is 3.96. The first-order valence-corrected chi connectivity index (χ1v) is 8.39. The molecular weight excluding hydrogens is 432 g/mol. The minimum absolute atomic E-state index is 0.139. The summed E-state index contributed by atoms with van der Waals surface area (Å²) >= 11 is 0. The molecule has 1 aromatic rings. The maximum absolute atomic E-state index is 13.2. The topological polar surface area (TPSA) is 95.1 Å². The molecular formula is C19H13F6N3O3. The largest absolute Gasteiger partial charge is 0.523 e. The summed E-state index contributed by atoms with van der Waals surface area (Å²) in [5, 5.41) is 20.4. The molecule has 164 valence electrons. The van der Waals surface area contributed by atoms with Gasteiger partial charge in [-0.05, 0) is 25.1 Å². The molecule has 1 aliphatic rings. The summed E-state index contributed by atoms with van der Waals surface area (Å²) in [6.07, 6.45) is -8.44. The van der Waals surface area contributed by atoms with Gasteiger partial charge in [-0.3, -0.25) is 9.53 Å². The Kier molecular flexibility index (Phi) is 6.67. The van der Waals surface area contributed by atoms with E-state index >= 15 is 0 Å². The lowest BCUT2D eigenvalue weighted by atomic mass is 10.0. The van der Waals surface area contributed by atoms with Crippen LogP contribution in [0.4, 0.5) is 26.3 Å². The van der Waals surface area contributed by atoms with Crippen LogP contribution in [-0.4, -0.2) is 30.5 Å². The molecule has 6 nitrogen and oxygen atoms in total. The Labute approximate surface area is 172 Å². The van der Waals surface area contributed by atoms with E-state index in [9.17, 15) is 36.4 Å². The molecule has 2 unspecified atom stereocenters. The number of hydrogen-bond acceptors (Lipinski definition) is 5. The van der Waals surface area contributed by atoms with Crippen molar-refractivity contribution in [2.75, 3.05) is 6.61 Å². The van der Waals surface area contributed by atoms with Crippen LogP contribution in [0.3, 0.4) is 0 Å². The van der Waals surface area contributed by atoms with Crippen molar-refractivity contribution in [3.05, 3.63) is 53.1 Å². The van der Waals surface area contributed by atoms with Gasteiger partial charge in [0, 0.05) is 5.57 Å². The van der Waals surface area contributed by atoms with Gasteiger partial charge in [0.15, 0.2) is 5.54 Å². The van der Waals surface area contributed by atoms with Crippen LogP contribution >= 0.6 is 0 Å². The van der Waals surface area contributed by atoms with E-state index in [1.165, 1.54) is 0 Å².